The van der Waals surface area contributed by atoms with Crippen LogP contribution in [0.5, 0.6) is 0 Å². The van der Waals surface area contributed by atoms with Crippen molar-refractivity contribution in [2.24, 2.45) is 5.92 Å². The summed E-state index contributed by atoms with van der Waals surface area (Å²) in [5.74, 6) is -1.77. The summed E-state index contributed by atoms with van der Waals surface area (Å²) in [6, 6.07) is 0. The van der Waals surface area contributed by atoms with Crippen molar-refractivity contribution in [1.82, 2.24) is 4.72 Å². The second-order valence-corrected chi connectivity index (χ2v) is 5.81. The topological polar surface area (TPSA) is 83.5 Å². The lowest BCUT2D eigenvalue weighted by Crippen LogP contribution is -2.34. The van der Waals surface area contributed by atoms with Crippen molar-refractivity contribution >= 4 is 16.0 Å². The van der Waals surface area contributed by atoms with Gasteiger partial charge in [0.2, 0.25) is 10.0 Å². The average molecular weight is 235 g/mol. The Morgan fingerprint density at radius 3 is 2.40 bits per heavy atom. The normalized spacial score (nSPS) is 18.9. The monoisotopic (exact) mass is 235 g/mol. The summed E-state index contributed by atoms with van der Waals surface area (Å²) in [6.07, 6.45) is 5.58. The van der Waals surface area contributed by atoms with Crippen LogP contribution in [0.4, 0.5) is 0 Å². The Labute approximate surface area is 89.9 Å². The summed E-state index contributed by atoms with van der Waals surface area (Å²) >= 11 is 0. The predicted octanol–water partition coefficient (Wildman–Crippen LogP) is 0.571. The van der Waals surface area contributed by atoms with Gasteiger partial charge in [-0.3, -0.25) is 4.79 Å². The summed E-state index contributed by atoms with van der Waals surface area (Å²) in [7, 11) is -3.63. The highest BCUT2D eigenvalue weighted by molar-refractivity contribution is 7.90. The van der Waals surface area contributed by atoms with Crippen molar-refractivity contribution in [3.63, 3.8) is 0 Å². The second kappa shape index (κ2) is 5.46. The predicted molar refractivity (Wildman–Crippen MR) is 56.0 cm³/mol. The number of carbonyl (C=O) groups is 1. The molecule has 2 N–H and O–H groups in total. The zero-order chi connectivity index (χ0) is 11.3. The third kappa shape index (κ3) is 5.13. The first-order chi connectivity index (χ1) is 6.99. The van der Waals surface area contributed by atoms with Gasteiger partial charge in [-0.15, -0.1) is 0 Å². The maximum absolute atomic E-state index is 11.2. The van der Waals surface area contributed by atoms with Gasteiger partial charge >= 0.3 is 5.97 Å². The van der Waals surface area contributed by atoms with E-state index in [4.69, 9.17) is 5.11 Å². The molecule has 0 aromatic heterocycles. The lowest BCUT2D eigenvalue weighted by atomic mass is 9.90. The van der Waals surface area contributed by atoms with Crippen molar-refractivity contribution in [2.75, 3.05) is 12.3 Å². The summed E-state index contributed by atoms with van der Waals surface area (Å²) in [5.41, 5.74) is 0. The van der Waals surface area contributed by atoms with Crippen LogP contribution in [0.1, 0.15) is 32.1 Å². The van der Waals surface area contributed by atoms with Crippen molar-refractivity contribution in [3.8, 4) is 0 Å². The summed E-state index contributed by atoms with van der Waals surface area (Å²) in [6.45, 7) is 0.385. The average Bonchev–Trinajstić information content (AvgIpc) is 2.15. The van der Waals surface area contributed by atoms with Gasteiger partial charge in [0.15, 0.2) is 5.75 Å². The van der Waals surface area contributed by atoms with Crippen LogP contribution in [0.2, 0.25) is 0 Å². The lowest BCUT2D eigenvalue weighted by molar-refractivity contribution is -0.134. The molecule has 0 aliphatic heterocycles. The van der Waals surface area contributed by atoms with E-state index in [1.807, 2.05) is 0 Å². The Morgan fingerprint density at radius 1 is 1.27 bits per heavy atom. The molecule has 0 bridgehead atoms. The standard InChI is InChI=1S/C9H17NO4S/c11-9(12)7-15(13,14)10-6-8-4-2-1-3-5-8/h8,10H,1-7H2,(H,11,12). The Morgan fingerprint density at radius 2 is 1.87 bits per heavy atom. The van der Waals surface area contributed by atoms with Crippen LogP contribution in [0, 0.1) is 5.92 Å². The highest BCUT2D eigenvalue weighted by Gasteiger charge is 2.19. The largest absolute Gasteiger partial charge is 0.480 e. The van der Waals surface area contributed by atoms with E-state index in [0.29, 0.717) is 12.5 Å². The third-order valence-electron chi connectivity index (χ3n) is 2.63. The van der Waals surface area contributed by atoms with Crippen molar-refractivity contribution < 1.29 is 18.3 Å². The van der Waals surface area contributed by atoms with Gasteiger partial charge in [0, 0.05) is 6.54 Å². The van der Waals surface area contributed by atoms with Crippen LogP contribution in [0.3, 0.4) is 0 Å². The van der Waals surface area contributed by atoms with Crippen LogP contribution in [-0.2, 0) is 14.8 Å². The molecule has 1 fully saturated rings. The second-order valence-electron chi connectivity index (χ2n) is 4.01. The van der Waals surface area contributed by atoms with E-state index in [0.717, 1.165) is 25.7 Å². The van der Waals surface area contributed by atoms with E-state index >= 15 is 0 Å². The molecule has 0 unspecified atom stereocenters. The Balaban J connectivity index is 2.31. The van der Waals surface area contributed by atoms with Crippen LogP contribution < -0.4 is 4.72 Å². The SMILES string of the molecule is O=C(O)CS(=O)(=O)NCC1CCCCC1. The van der Waals surface area contributed by atoms with Gasteiger partial charge in [0.25, 0.3) is 0 Å². The first-order valence-corrected chi connectivity index (χ1v) is 6.84. The summed E-state index contributed by atoms with van der Waals surface area (Å²) in [5, 5.41) is 8.37. The molecular weight excluding hydrogens is 218 g/mol. The fourth-order valence-electron chi connectivity index (χ4n) is 1.85. The first kappa shape index (κ1) is 12.4. The molecule has 0 spiro atoms. The van der Waals surface area contributed by atoms with Crippen LogP contribution in [0.25, 0.3) is 0 Å². The molecule has 1 aliphatic carbocycles. The molecule has 0 heterocycles. The molecule has 0 atom stereocenters. The first-order valence-electron chi connectivity index (χ1n) is 5.19. The minimum absolute atomic E-state index is 0.377. The molecule has 6 heteroatoms. The lowest BCUT2D eigenvalue weighted by Gasteiger charge is -2.21. The maximum atomic E-state index is 11.2. The zero-order valence-electron chi connectivity index (χ0n) is 8.61. The zero-order valence-corrected chi connectivity index (χ0v) is 9.42. The molecule has 1 aliphatic rings. The van der Waals surface area contributed by atoms with Crippen molar-refractivity contribution in [1.29, 1.82) is 0 Å². The Hall–Kier alpha value is -0.620. The fourth-order valence-corrected chi connectivity index (χ4v) is 2.77. The van der Waals surface area contributed by atoms with E-state index in [1.54, 1.807) is 0 Å². The Kier molecular flexibility index (Phi) is 4.53. The van der Waals surface area contributed by atoms with Crippen molar-refractivity contribution in [3.05, 3.63) is 0 Å². The number of sulfonamides is 1. The fraction of sp³-hybridized carbons (Fsp3) is 0.889. The third-order valence-corrected chi connectivity index (χ3v) is 3.86. The van der Waals surface area contributed by atoms with Crippen LogP contribution in [-0.4, -0.2) is 31.8 Å². The van der Waals surface area contributed by atoms with Crippen molar-refractivity contribution in [2.45, 2.75) is 32.1 Å². The smallest absolute Gasteiger partial charge is 0.320 e. The highest BCUT2D eigenvalue weighted by Crippen LogP contribution is 2.22. The minimum Gasteiger partial charge on any atom is -0.480 e. The maximum Gasteiger partial charge on any atom is 0.320 e. The highest BCUT2D eigenvalue weighted by atomic mass is 32.2. The number of hydrogen-bond donors (Lipinski definition) is 2. The van der Waals surface area contributed by atoms with Gasteiger partial charge in [-0.05, 0) is 18.8 Å². The number of nitrogens with one attached hydrogen (secondary N) is 1. The van der Waals surface area contributed by atoms with Crippen LogP contribution in [0.15, 0.2) is 0 Å². The number of carboxylic acid groups (broad SMARTS) is 1. The van der Waals surface area contributed by atoms with E-state index in [-0.39, 0.29) is 0 Å². The number of hydrogen-bond acceptors (Lipinski definition) is 3. The number of rotatable bonds is 5. The van der Waals surface area contributed by atoms with E-state index < -0.39 is 21.7 Å². The number of aliphatic carboxylic acids is 1. The molecule has 0 amide bonds. The van der Waals surface area contributed by atoms with Gasteiger partial charge in [-0.1, -0.05) is 19.3 Å². The van der Waals surface area contributed by atoms with Crippen LogP contribution >= 0.6 is 0 Å². The van der Waals surface area contributed by atoms with E-state index in [9.17, 15) is 13.2 Å². The van der Waals surface area contributed by atoms with Gasteiger partial charge in [-0.2, -0.15) is 0 Å². The molecular formula is C9H17NO4S. The quantitative estimate of drug-likeness (QED) is 0.729. The molecule has 1 rings (SSSR count). The summed E-state index contributed by atoms with van der Waals surface area (Å²) < 4.78 is 24.7. The molecule has 0 aromatic carbocycles. The molecule has 88 valence electrons. The summed E-state index contributed by atoms with van der Waals surface area (Å²) in [4.78, 5) is 10.2. The van der Waals surface area contributed by atoms with Gasteiger partial charge in [-0.25, -0.2) is 13.1 Å². The molecule has 1 saturated carbocycles. The number of carboxylic acids is 1. The van der Waals surface area contributed by atoms with Gasteiger partial charge in [0.1, 0.15) is 0 Å². The van der Waals surface area contributed by atoms with E-state index in [1.165, 1.54) is 6.42 Å². The van der Waals surface area contributed by atoms with Gasteiger partial charge < -0.3 is 5.11 Å². The molecule has 0 aromatic rings. The van der Waals surface area contributed by atoms with E-state index in [2.05, 4.69) is 4.72 Å². The molecule has 0 saturated heterocycles. The van der Waals surface area contributed by atoms with Gasteiger partial charge in [0.05, 0.1) is 0 Å². The molecule has 15 heavy (non-hydrogen) atoms. The Bertz CT molecular complexity index is 306. The molecule has 0 radical (unpaired) electrons. The minimum atomic E-state index is -3.63. The molecule has 5 nitrogen and oxygen atoms in total.